The van der Waals surface area contributed by atoms with Crippen molar-refractivity contribution in [3.8, 4) is 6.07 Å². The maximum atomic E-state index is 10.8. The number of nitrogens with zero attached hydrogens (tertiary/aromatic N) is 1. The van der Waals surface area contributed by atoms with E-state index < -0.39 is 11.8 Å². The van der Waals surface area contributed by atoms with Crippen molar-refractivity contribution >= 4 is 5.97 Å². The smallest absolute Gasteiger partial charge is 0.305 e. The highest BCUT2D eigenvalue weighted by Gasteiger charge is 2.43. The average Bonchev–Trinajstić information content (AvgIpc) is 2.28. The highest BCUT2D eigenvalue weighted by atomic mass is 16.7. The summed E-state index contributed by atoms with van der Waals surface area (Å²) >= 11 is 0. The summed E-state index contributed by atoms with van der Waals surface area (Å²) in [4.78, 5) is 10.8. The molecule has 1 saturated heterocycles. The maximum Gasteiger partial charge on any atom is 0.305 e. The fourth-order valence-electron chi connectivity index (χ4n) is 2.90. The number of nitriles is 1. The van der Waals surface area contributed by atoms with Crippen LogP contribution in [0.4, 0.5) is 0 Å². The molecule has 5 nitrogen and oxygen atoms in total. The summed E-state index contributed by atoms with van der Waals surface area (Å²) in [5.74, 6) is -1.48. The second kappa shape index (κ2) is 5.68. The number of ether oxygens (including phenoxy) is 2. The molecule has 0 aromatic rings. The van der Waals surface area contributed by atoms with Crippen molar-refractivity contribution < 1.29 is 19.4 Å². The summed E-state index contributed by atoms with van der Waals surface area (Å²) in [6.45, 7) is 0. The molecule has 1 aliphatic carbocycles. The van der Waals surface area contributed by atoms with Crippen molar-refractivity contribution in [3.05, 3.63) is 0 Å². The van der Waals surface area contributed by atoms with E-state index in [1.807, 2.05) is 0 Å². The Morgan fingerprint density at radius 2 is 1.94 bits per heavy atom. The molecular weight excluding hydrogens is 234 g/mol. The molecule has 2 aliphatic rings. The molecule has 1 saturated carbocycles. The van der Waals surface area contributed by atoms with E-state index in [0.717, 1.165) is 25.7 Å². The van der Waals surface area contributed by atoms with Crippen LogP contribution in [0.5, 0.6) is 0 Å². The van der Waals surface area contributed by atoms with Gasteiger partial charge >= 0.3 is 5.97 Å². The third kappa shape index (κ3) is 3.21. The Morgan fingerprint density at radius 3 is 2.56 bits per heavy atom. The van der Waals surface area contributed by atoms with Gasteiger partial charge in [-0.05, 0) is 12.8 Å². The molecule has 0 unspecified atom stereocenters. The first-order chi connectivity index (χ1) is 8.63. The molecule has 5 heteroatoms. The largest absolute Gasteiger partial charge is 0.481 e. The summed E-state index contributed by atoms with van der Waals surface area (Å²) in [6.07, 6.45) is 5.16. The first kappa shape index (κ1) is 13.3. The first-order valence-corrected chi connectivity index (χ1v) is 6.58. The molecule has 1 heterocycles. The number of aliphatic carboxylic acids is 1. The predicted molar refractivity (Wildman–Crippen MR) is 62.7 cm³/mol. The highest BCUT2D eigenvalue weighted by molar-refractivity contribution is 5.67. The summed E-state index contributed by atoms with van der Waals surface area (Å²) in [5.41, 5.74) is 0. The van der Waals surface area contributed by atoms with Gasteiger partial charge in [0.2, 0.25) is 0 Å². The van der Waals surface area contributed by atoms with Crippen LogP contribution in [0.15, 0.2) is 0 Å². The van der Waals surface area contributed by atoms with Crippen LogP contribution < -0.4 is 0 Å². The molecule has 0 aromatic carbocycles. The number of carboxylic acid groups (broad SMARTS) is 1. The minimum absolute atomic E-state index is 0.00691. The lowest BCUT2D eigenvalue weighted by atomic mass is 9.91. The lowest BCUT2D eigenvalue weighted by molar-refractivity contribution is -0.327. The molecule has 1 N–H and O–H groups in total. The molecule has 2 atom stereocenters. The zero-order valence-electron chi connectivity index (χ0n) is 10.4. The highest BCUT2D eigenvalue weighted by Crippen LogP contribution is 2.40. The Kier molecular flexibility index (Phi) is 4.20. The summed E-state index contributed by atoms with van der Waals surface area (Å²) < 4.78 is 11.8. The van der Waals surface area contributed by atoms with E-state index in [0.29, 0.717) is 12.8 Å². The molecule has 0 amide bonds. The van der Waals surface area contributed by atoms with Crippen molar-refractivity contribution in [2.45, 2.75) is 69.4 Å². The van der Waals surface area contributed by atoms with Crippen LogP contribution in [-0.4, -0.2) is 29.1 Å². The third-order valence-corrected chi connectivity index (χ3v) is 3.63. The Balaban J connectivity index is 2.05. The minimum Gasteiger partial charge on any atom is -0.481 e. The first-order valence-electron chi connectivity index (χ1n) is 6.58. The van der Waals surface area contributed by atoms with Crippen molar-refractivity contribution in [2.24, 2.45) is 0 Å². The van der Waals surface area contributed by atoms with Gasteiger partial charge in [0.1, 0.15) is 0 Å². The molecule has 1 aliphatic heterocycles. The Hall–Kier alpha value is -1.12. The number of hydrogen-bond acceptors (Lipinski definition) is 4. The van der Waals surface area contributed by atoms with Crippen molar-refractivity contribution in [1.29, 1.82) is 5.26 Å². The van der Waals surface area contributed by atoms with Crippen molar-refractivity contribution in [2.75, 3.05) is 0 Å². The molecule has 2 fully saturated rings. The van der Waals surface area contributed by atoms with E-state index in [1.54, 1.807) is 0 Å². The van der Waals surface area contributed by atoms with Crippen molar-refractivity contribution in [3.63, 3.8) is 0 Å². The van der Waals surface area contributed by atoms with E-state index in [-0.39, 0.29) is 18.6 Å². The standard InChI is InChI=1S/C13H19NO4/c14-7-4-10-8-11(9-12(15)16)18-13(17-10)5-2-1-3-6-13/h10-11H,1-6,8-9H2,(H,15,16)/t10-,11-/m1/s1. The molecule has 100 valence electrons. The zero-order chi connectivity index (χ0) is 13.0. The van der Waals surface area contributed by atoms with Crippen LogP contribution in [0.2, 0.25) is 0 Å². The van der Waals surface area contributed by atoms with Crippen LogP contribution in [0.3, 0.4) is 0 Å². The number of carboxylic acids is 1. The van der Waals surface area contributed by atoms with Crippen LogP contribution in [0.1, 0.15) is 51.4 Å². The van der Waals surface area contributed by atoms with Gasteiger partial charge in [-0.2, -0.15) is 5.26 Å². The predicted octanol–water partition coefficient (Wildman–Crippen LogP) is 2.21. The lowest BCUT2D eigenvalue weighted by Gasteiger charge is -2.46. The van der Waals surface area contributed by atoms with Gasteiger partial charge in [0.05, 0.1) is 31.1 Å². The minimum atomic E-state index is -0.858. The van der Waals surface area contributed by atoms with Gasteiger partial charge < -0.3 is 14.6 Å². The number of carbonyl (C=O) groups is 1. The van der Waals surface area contributed by atoms with Crippen LogP contribution in [0.25, 0.3) is 0 Å². The molecule has 0 radical (unpaired) electrons. The Labute approximate surface area is 107 Å². The fourth-order valence-corrected chi connectivity index (χ4v) is 2.90. The molecule has 0 bridgehead atoms. The van der Waals surface area contributed by atoms with E-state index >= 15 is 0 Å². The molecule has 1 spiro atoms. The van der Waals surface area contributed by atoms with Crippen LogP contribution in [0, 0.1) is 11.3 Å². The van der Waals surface area contributed by atoms with Gasteiger partial charge in [-0.15, -0.1) is 0 Å². The fraction of sp³-hybridized carbons (Fsp3) is 0.846. The van der Waals surface area contributed by atoms with E-state index in [2.05, 4.69) is 6.07 Å². The van der Waals surface area contributed by atoms with Crippen LogP contribution >= 0.6 is 0 Å². The molecular formula is C13H19NO4. The second-order valence-corrected chi connectivity index (χ2v) is 5.15. The molecule has 18 heavy (non-hydrogen) atoms. The van der Waals surface area contributed by atoms with E-state index in [9.17, 15) is 4.79 Å². The zero-order valence-corrected chi connectivity index (χ0v) is 10.4. The van der Waals surface area contributed by atoms with Gasteiger partial charge in [-0.1, -0.05) is 6.42 Å². The SMILES string of the molecule is N#CC[C@@H]1C[C@H](CC(=O)O)OC2(CCCCC2)O1. The summed E-state index contributed by atoms with van der Waals surface area (Å²) in [7, 11) is 0. The monoisotopic (exact) mass is 253 g/mol. The van der Waals surface area contributed by atoms with E-state index in [4.69, 9.17) is 19.8 Å². The lowest BCUT2D eigenvalue weighted by Crippen LogP contribution is -2.50. The molecule has 0 aromatic heterocycles. The van der Waals surface area contributed by atoms with Gasteiger partial charge in [0.15, 0.2) is 5.79 Å². The Morgan fingerprint density at radius 1 is 1.28 bits per heavy atom. The normalized spacial score (nSPS) is 30.8. The van der Waals surface area contributed by atoms with Crippen LogP contribution in [-0.2, 0) is 14.3 Å². The van der Waals surface area contributed by atoms with Gasteiger partial charge in [0, 0.05) is 19.3 Å². The quantitative estimate of drug-likeness (QED) is 0.834. The Bertz CT molecular complexity index is 343. The average molecular weight is 253 g/mol. The van der Waals surface area contributed by atoms with Gasteiger partial charge in [0.25, 0.3) is 0 Å². The summed E-state index contributed by atoms with van der Waals surface area (Å²) in [5, 5.41) is 17.7. The van der Waals surface area contributed by atoms with E-state index in [1.165, 1.54) is 6.42 Å². The van der Waals surface area contributed by atoms with Crippen molar-refractivity contribution in [1.82, 2.24) is 0 Å². The topological polar surface area (TPSA) is 79.6 Å². The maximum absolute atomic E-state index is 10.8. The number of rotatable bonds is 3. The molecule has 2 rings (SSSR count). The summed E-state index contributed by atoms with van der Waals surface area (Å²) in [6, 6.07) is 2.11. The van der Waals surface area contributed by atoms with Gasteiger partial charge in [-0.3, -0.25) is 4.79 Å². The third-order valence-electron chi connectivity index (χ3n) is 3.63. The second-order valence-electron chi connectivity index (χ2n) is 5.15. The van der Waals surface area contributed by atoms with Gasteiger partial charge in [-0.25, -0.2) is 0 Å². The number of hydrogen-bond donors (Lipinski definition) is 1.